The van der Waals surface area contributed by atoms with Crippen LogP contribution in [0.25, 0.3) is 16.9 Å². The van der Waals surface area contributed by atoms with Gasteiger partial charge in [-0.15, -0.1) is 0 Å². The molecule has 0 atom stereocenters. The van der Waals surface area contributed by atoms with Gasteiger partial charge in [0, 0.05) is 10.0 Å². The van der Waals surface area contributed by atoms with E-state index >= 15 is 0 Å². The molecule has 0 saturated carbocycles. The van der Waals surface area contributed by atoms with Crippen LogP contribution in [0, 0.1) is 0 Å². The minimum Gasteiger partial charge on any atom is -0.464 e. The van der Waals surface area contributed by atoms with Gasteiger partial charge in [-0.2, -0.15) is 18.3 Å². The van der Waals surface area contributed by atoms with Gasteiger partial charge in [-0.3, -0.25) is 0 Å². The van der Waals surface area contributed by atoms with E-state index in [-0.39, 0.29) is 16.4 Å². The van der Waals surface area contributed by atoms with Crippen molar-refractivity contribution in [1.82, 2.24) is 14.6 Å². The number of ether oxygens (including phenoxy) is 1. The monoisotopic (exact) mass is 433 g/mol. The Balaban J connectivity index is 2.33. The molecule has 0 amide bonds. The number of benzene rings is 1. The zero-order chi connectivity index (χ0) is 18.4. The lowest BCUT2D eigenvalue weighted by molar-refractivity contribution is -0.142. The second kappa shape index (κ2) is 6.30. The van der Waals surface area contributed by atoms with Gasteiger partial charge in [0.25, 0.3) is 0 Å². The number of alkyl halides is 3. The van der Waals surface area contributed by atoms with Gasteiger partial charge in [-0.25, -0.2) is 14.3 Å². The van der Waals surface area contributed by atoms with E-state index in [0.717, 1.165) is 17.6 Å². The van der Waals surface area contributed by atoms with Crippen LogP contribution in [0.4, 0.5) is 13.2 Å². The van der Waals surface area contributed by atoms with Crippen molar-refractivity contribution in [3.8, 4) is 11.3 Å². The molecule has 3 rings (SSSR count). The number of carbonyl (C=O) groups excluding carboxylic acids is 1. The van der Waals surface area contributed by atoms with Gasteiger partial charge >= 0.3 is 12.1 Å². The van der Waals surface area contributed by atoms with Crippen LogP contribution in [0.3, 0.4) is 0 Å². The fourth-order valence-corrected chi connectivity index (χ4v) is 2.69. The molecular weight excluding hydrogens is 427 g/mol. The topological polar surface area (TPSA) is 56.5 Å². The van der Waals surface area contributed by atoms with E-state index in [1.807, 2.05) is 0 Å². The molecule has 0 bridgehead atoms. The molecule has 5 nitrogen and oxygen atoms in total. The van der Waals surface area contributed by atoms with Crippen LogP contribution in [0.15, 0.2) is 34.8 Å². The largest absolute Gasteiger partial charge is 0.464 e. The second-order valence-corrected chi connectivity index (χ2v) is 6.21. The van der Waals surface area contributed by atoms with Crippen molar-refractivity contribution in [2.24, 2.45) is 0 Å². The summed E-state index contributed by atoms with van der Waals surface area (Å²) in [5.74, 6) is -0.950. The fourth-order valence-electron chi connectivity index (χ4n) is 2.19. The Morgan fingerprint density at radius 3 is 2.48 bits per heavy atom. The third kappa shape index (κ3) is 3.21. The first-order valence-electron chi connectivity index (χ1n) is 6.73. The van der Waals surface area contributed by atoms with Gasteiger partial charge in [0.15, 0.2) is 17.0 Å². The number of aromatic nitrogens is 3. The number of carbonyl (C=O) groups is 1. The Morgan fingerprint density at radius 2 is 1.92 bits per heavy atom. The summed E-state index contributed by atoms with van der Waals surface area (Å²) in [6.07, 6.45) is -4.73. The lowest BCUT2D eigenvalue weighted by atomic mass is 10.1. The summed E-state index contributed by atoms with van der Waals surface area (Å²) in [6.45, 7) is 0. The van der Waals surface area contributed by atoms with E-state index in [1.165, 1.54) is 0 Å². The van der Waals surface area contributed by atoms with Crippen LogP contribution in [0.2, 0.25) is 5.02 Å². The van der Waals surface area contributed by atoms with Crippen LogP contribution in [-0.2, 0) is 10.9 Å². The molecule has 0 unspecified atom stereocenters. The molecule has 3 aromatic rings. The summed E-state index contributed by atoms with van der Waals surface area (Å²) in [4.78, 5) is 15.8. The summed E-state index contributed by atoms with van der Waals surface area (Å²) in [6, 6.07) is 7.41. The predicted octanol–water partition coefficient (Wildman–Crippen LogP) is 4.62. The lowest BCUT2D eigenvalue weighted by Crippen LogP contribution is -2.14. The predicted molar refractivity (Wildman–Crippen MR) is 87.5 cm³/mol. The first-order valence-corrected chi connectivity index (χ1v) is 7.90. The van der Waals surface area contributed by atoms with Gasteiger partial charge in [-0.1, -0.05) is 39.7 Å². The smallest absolute Gasteiger partial charge is 0.433 e. The number of methoxy groups -OCH3 is 1. The molecule has 2 aromatic heterocycles. The van der Waals surface area contributed by atoms with Crippen molar-refractivity contribution in [2.45, 2.75) is 6.18 Å². The molecule has 0 aliphatic rings. The van der Waals surface area contributed by atoms with Gasteiger partial charge in [0.05, 0.1) is 12.8 Å². The number of hydrogen-bond donors (Lipinski definition) is 0. The highest BCUT2D eigenvalue weighted by Gasteiger charge is 2.36. The Morgan fingerprint density at radius 1 is 1.28 bits per heavy atom. The molecule has 130 valence electrons. The van der Waals surface area contributed by atoms with E-state index in [9.17, 15) is 18.0 Å². The molecule has 2 heterocycles. The summed E-state index contributed by atoms with van der Waals surface area (Å²) in [7, 11) is 1.08. The van der Waals surface area contributed by atoms with Crippen LogP contribution in [0.1, 0.15) is 16.2 Å². The van der Waals surface area contributed by atoms with Crippen molar-refractivity contribution < 1.29 is 22.7 Å². The Bertz CT molecular complexity index is 971. The van der Waals surface area contributed by atoms with Crippen molar-refractivity contribution in [3.63, 3.8) is 0 Å². The Kier molecular flexibility index (Phi) is 4.46. The minimum absolute atomic E-state index is 0.0468. The third-order valence-corrected chi connectivity index (χ3v) is 4.22. The van der Waals surface area contributed by atoms with Crippen LogP contribution < -0.4 is 0 Å². The van der Waals surface area contributed by atoms with Crippen LogP contribution >= 0.6 is 27.5 Å². The van der Waals surface area contributed by atoms with Crippen molar-refractivity contribution in [3.05, 3.63) is 51.2 Å². The first kappa shape index (κ1) is 17.7. The quantitative estimate of drug-likeness (QED) is 0.553. The van der Waals surface area contributed by atoms with Gasteiger partial charge in [-0.05, 0) is 18.2 Å². The molecular formula is C15H8BrClF3N3O2. The number of esters is 1. The zero-order valence-electron chi connectivity index (χ0n) is 12.4. The number of halogens is 5. The fraction of sp³-hybridized carbons (Fsp3) is 0.133. The number of nitrogens with zero attached hydrogens (tertiary/aromatic N) is 3. The molecule has 0 radical (unpaired) electrons. The number of fused-ring (bicyclic) bond motifs is 1. The third-order valence-electron chi connectivity index (χ3n) is 3.34. The van der Waals surface area contributed by atoms with Gasteiger partial charge in [0.1, 0.15) is 5.02 Å². The summed E-state index contributed by atoms with van der Waals surface area (Å²) < 4.78 is 46.1. The normalized spacial score (nSPS) is 11.8. The maximum Gasteiger partial charge on any atom is 0.433 e. The molecule has 0 N–H and O–H groups in total. The summed E-state index contributed by atoms with van der Waals surface area (Å²) >= 11 is 9.27. The molecule has 10 heteroatoms. The van der Waals surface area contributed by atoms with Crippen LogP contribution in [0.5, 0.6) is 0 Å². The molecule has 0 aliphatic carbocycles. The summed E-state index contributed by atoms with van der Waals surface area (Å²) in [5, 5.41) is 3.31. The zero-order valence-corrected chi connectivity index (χ0v) is 14.8. The molecule has 25 heavy (non-hydrogen) atoms. The van der Waals surface area contributed by atoms with Crippen molar-refractivity contribution >= 4 is 39.1 Å². The first-order chi connectivity index (χ1) is 11.7. The van der Waals surface area contributed by atoms with E-state index in [4.69, 9.17) is 11.6 Å². The molecule has 0 fully saturated rings. The highest BCUT2D eigenvalue weighted by atomic mass is 79.9. The molecule has 0 saturated heterocycles. The van der Waals surface area contributed by atoms with Crippen LogP contribution in [-0.4, -0.2) is 27.7 Å². The van der Waals surface area contributed by atoms with Crippen molar-refractivity contribution in [2.75, 3.05) is 7.11 Å². The highest BCUT2D eigenvalue weighted by Crippen LogP contribution is 2.34. The summed E-state index contributed by atoms with van der Waals surface area (Å²) in [5.41, 5.74) is -1.32. The van der Waals surface area contributed by atoms with Gasteiger partial charge in [0.2, 0.25) is 0 Å². The highest BCUT2D eigenvalue weighted by molar-refractivity contribution is 9.10. The molecule has 0 aliphatic heterocycles. The van der Waals surface area contributed by atoms with E-state index < -0.39 is 23.5 Å². The minimum atomic E-state index is -4.73. The van der Waals surface area contributed by atoms with Gasteiger partial charge < -0.3 is 4.74 Å². The Labute approximate surface area is 152 Å². The number of rotatable bonds is 2. The maximum atomic E-state index is 13.4. The molecule has 0 spiro atoms. The average Bonchev–Trinajstić information content (AvgIpc) is 2.90. The van der Waals surface area contributed by atoms with Crippen molar-refractivity contribution in [1.29, 1.82) is 0 Å². The molecule has 1 aromatic carbocycles. The van der Waals surface area contributed by atoms with E-state index in [1.54, 1.807) is 24.3 Å². The van der Waals surface area contributed by atoms with E-state index in [2.05, 4.69) is 30.7 Å². The average molecular weight is 435 g/mol. The second-order valence-electron chi connectivity index (χ2n) is 4.92. The standard InChI is InChI=1S/C15H8BrClF3N3O2/c1-25-14(24)12-11(17)13-21-9(7-2-4-8(16)5-3-7)6-10(15(18,19)20)23(13)22-12/h2-6H,1H3. The van der Waals surface area contributed by atoms with E-state index in [0.29, 0.717) is 10.1 Å². The Hall–Kier alpha value is -2.13. The SMILES string of the molecule is COC(=O)c1nn2c(C(F)(F)F)cc(-c3ccc(Br)cc3)nc2c1Cl. The lowest BCUT2D eigenvalue weighted by Gasteiger charge is -2.11. The maximum absolute atomic E-state index is 13.4. The number of hydrogen-bond acceptors (Lipinski definition) is 4.